The normalized spacial score (nSPS) is 12.5. The summed E-state index contributed by atoms with van der Waals surface area (Å²) in [5.74, 6) is -0.773. The van der Waals surface area contributed by atoms with Crippen LogP contribution in [0.2, 0.25) is 0 Å². The molecule has 0 unspecified atom stereocenters. The van der Waals surface area contributed by atoms with E-state index < -0.39 is 5.91 Å². The largest absolute Gasteiger partial charge is 0.495 e. The zero-order valence-electron chi connectivity index (χ0n) is 15.6. The Balaban J connectivity index is 1.87. The molecule has 1 aliphatic heterocycles. The molecule has 1 aliphatic rings. The quantitative estimate of drug-likeness (QED) is 0.779. The van der Waals surface area contributed by atoms with Crippen LogP contribution < -0.4 is 10.1 Å². The number of imide groups is 1. The van der Waals surface area contributed by atoms with Gasteiger partial charge >= 0.3 is 0 Å². The van der Waals surface area contributed by atoms with Crippen LogP contribution in [0, 0.1) is 11.3 Å². The molecule has 0 aromatic heterocycles. The van der Waals surface area contributed by atoms with Crippen LogP contribution in [0.25, 0.3) is 0 Å². The number of hydrogen-bond donors (Lipinski definition) is 1. The molecule has 1 N–H and O–H groups in total. The predicted octanol–water partition coefficient (Wildman–Crippen LogP) is 3.22. The van der Waals surface area contributed by atoms with Crippen molar-refractivity contribution in [2.24, 2.45) is 0 Å². The molecule has 0 aliphatic carbocycles. The highest BCUT2D eigenvalue weighted by molar-refractivity contribution is 6.22. The number of amides is 3. The van der Waals surface area contributed by atoms with Gasteiger partial charge in [0.1, 0.15) is 5.75 Å². The van der Waals surface area contributed by atoms with Crippen LogP contribution in [-0.4, -0.2) is 36.3 Å². The van der Waals surface area contributed by atoms with E-state index in [9.17, 15) is 14.4 Å². The second-order valence-corrected chi connectivity index (χ2v) is 6.36. The lowest BCUT2D eigenvalue weighted by atomic mass is 10.1. The lowest BCUT2D eigenvalue weighted by Crippen LogP contribution is -2.30. The molecule has 1 heterocycles. The van der Waals surface area contributed by atoms with Crippen molar-refractivity contribution in [1.29, 1.82) is 5.26 Å². The summed E-state index contributed by atoms with van der Waals surface area (Å²) in [5.41, 5.74) is 1.49. The molecule has 0 saturated heterocycles. The fraction of sp³-hybridized carbons (Fsp3) is 0.238. The number of anilines is 1. The highest BCUT2D eigenvalue weighted by atomic mass is 16.5. The third-order valence-corrected chi connectivity index (χ3v) is 4.54. The van der Waals surface area contributed by atoms with Gasteiger partial charge in [0.2, 0.25) is 0 Å². The summed E-state index contributed by atoms with van der Waals surface area (Å²) in [6.45, 7) is 2.35. The molecule has 2 aromatic carbocycles. The maximum atomic E-state index is 12.7. The van der Waals surface area contributed by atoms with Gasteiger partial charge in [-0.2, -0.15) is 5.26 Å². The van der Waals surface area contributed by atoms with Crippen molar-refractivity contribution >= 4 is 23.4 Å². The Bertz CT molecular complexity index is 1010. The van der Waals surface area contributed by atoms with E-state index >= 15 is 0 Å². The van der Waals surface area contributed by atoms with Crippen molar-refractivity contribution in [2.45, 2.75) is 19.8 Å². The van der Waals surface area contributed by atoms with Crippen molar-refractivity contribution in [1.82, 2.24) is 4.90 Å². The number of ether oxygens (including phenoxy) is 1. The number of methoxy groups -OCH3 is 1. The Hall–Kier alpha value is -3.66. The highest BCUT2D eigenvalue weighted by Crippen LogP contribution is 2.28. The van der Waals surface area contributed by atoms with Gasteiger partial charge in [0, 0.05) is 12.1 Å². The van der Waals surface area contributed by atoms with E-state index in [2.05, 4.69) is 5.32 Å². The van der Waals surface area contributed by atoms with Crippen LogP contribution >= 0.6 is 0 Å². The van der Waals surface area contributed by atoms with E-state index in [4.69, 9.17) is 10.00 Å². The summed E-state index contributed by atoms with van der Waals surface area (Å²) in [6, 6.07) is 11.1. The first-order chi connectivity index (χ1) is 13.5. The number of carbonyl (C=O) groups excluding carboxylic acids is 3. The maximum Gasteiger partial charge on any atom is 0.261 e. The predicted molar refractivity (Wildman–Crippen MR) is 102 cm³/mol. The summed E-state index contributed by atoms with van der Waals surface area (Å²) in [6.07, 6.45) is 1.60. The third-order valence-electron chi connectivity index (χ3n) is 4.54. The molecular formula is C21H19N3O4. The van der Waals surface area contributed by atoms with Crippen LogP contribution in [0.5, 0.6) is 5.75 Å². The zero-order chi connectivity index (χ0) is 20.3. The minimum Gasteiger partial charge on any atom is -0.495 e. The van der Waals surface area contributed by atoms with Crippen molar-refractivity contribution in [3.63, 3.8) is 0 Å². The van der Waals surface area contributed by atoms with Gasteiger partial charge in [-0.1, -0.05) is 13.3 Å². The number of unbranched alkanes of at least 4 members (excludes halogenated alkanes) is 1. The van der Waals surface area contributed by atoms with Crippen LogP contribution in [0.15, 0.2) is 36.4 Å². The second-order valence-electron chi connectivity index (χ2n) is 6.36. The van der Waals surface area contributed by atoms with Gasteiger partial charge in [0.25, 0.3) is 17.7 Å². The molecule has 0 atom stereocenters. The number of hydrogen-bond acceptors (Lipinski definition) is 5. The van der Waals surface area contributed by atoms with Crippen molar-refractivity contribution in [2.75, 3.05) is 19.0 Å². The van der Waals surface area contributed by atoms with Gasteiger partial charge in [0.15, 0.2) is 0 Å². The topological polar surface area (TPSA) is 99.5 Å². The fourth-order valence-corrected chi connectivity index (χ4v) is 3.02. The highest BCUT2D eigenvalue weighted by Gasteiger charge is 2.35. The summed E-state index contributed by atoms with van der Waals surface area (Å²) in [7, 11) is 1.46. The average Bonchev–Trinajstić information content (AvgIpc) is 2.95. The molecular weight excluding hydrogens is 358 g/mol. The molecule has 0 fully saturated rings. The SMILES string of the molecule is CCCCN1C(=O)c2ccc(C(=O)Nc3cc(C#N)ccc3OC)cc2C1=O. The number of rotatable bonds is 6. The van der Waals surface area contributed by atoms with Crippen LogP contribution in [0.3, 0.4) is 0 Å². The minimum absolute atomic E-state index is 0.228. The van der Waals surface area contributed by atoms with Gasteiger partial charge in [-0.25, -0.2) is 0 Å². The first kappa shape index (κ1) is 19.1. The number of nitrogens with one attached hydrogen (secondary N) is 1. The van der Waals surface area contributed by atoms with Crippen molar-refractivity contribution < 1.29 is 19.1 Å². The van der Waals surface area contributed by atoms with Gasteiger partial charge in [-0.3, -0.25) is 19.3 Å². The third kappa shape index (κ3) is 3.45. The lowest BCUT2D eigenvalue weighted by Gasteiger charge is -2.12. The van der Waals surface area contributed by atoms with Crippen LogP contribution in [-0.2, 0) is 0 Å². The van der Waals surface area contributed by atoms with E-state index in [1.807, 2.05) is 13.0 Å². The van der Waals surface area contributed by atoms with Crippen LogP contribution in [0.4, 0.5) is 5.69 Å². The molecule has 7 nitrogen and oxygen atoms in total. The Morgan fingerprint density at radius 2 is 1.89 bits per heavy atom. The van der Waals surface area contributed by atoms with E-state index in [1.54, 1.807) is 12.1 Å². The number of benzene rings is 2. The maximum absolute atomic E-state index is 12.7. The zero-order valence-corrected chi connectivity index (χ0v) is 15.6. The van der Waals surface area contributed by atoms with Gasteiger partial charge in [-0.15, -0.1) is 0 Å². The molecule has 28 heavy (non-hydrogen) atoms. The Labute approximate surface area is 162 Å². The molecule has 3 amide bonds. The second kappa shape index (κ2) is 7.92. The first-order valence-electron chi connectivity index (χ1n) is 8.89. The number of nitriles is 1. The van der Waals surface area contributed by atoms with E-state index in [1.165, 1.54) is 36.3 Å². The summed E-state index contributed by atoms with van der Waals surface area (Å²) >= 11 is 0. The summed E-state index contributed by atoms with van der Waals surface area (Å²) < 4.78 is 5.21. The fourth-order valence-electron chi connectivity index (χ4n) is 3.02. The Kier molecular flexibility index (Phi) is 5.41. The Morgan fingerprint density at radius 1 is 1.14 bits per heavy atom. The smallest absolute Gasteiger partial charge is 0.261 e. The van der Waals surface area contributed by atoms with Crippen molar-refractivity contribution in [3.8, 4) is 11.8 Å². The summed E-state index contributed by atoms with van der Waals surface area (Å²) in [5, 5.41) is 11.7. The van der Waals surface area contributed by atoms with Gasteiger partial charge < -0.3 is 10.1 Å². The first-order valence-corrected chi connectivity index (χ1v) is 8.89. The molecule has 0 saturated carbocycles. The molecule has 0 radical (unpaired) electrons. The summed E-state index contributed by atoms with van der Waals surface area (Å²) in [4.78, 5) is 38.8. The van der Waals surface area contributed by atoms with Crippen LogP contribution in [0.1, 0.15) is 56.4 Å². The van der Waals surface area contributed by atoms with Crippen molar-refractivity contribution in [3.05, 3.63) is 58.7 Å². The molecule has 0 bridgehead atoms. The molecule has 2 aromatic rings. The minimum atomic E-state index is -0.469. The molecule has 0 spiro atoms. The molecule has 142 valence electrons. The standard InChI is InChI=1S/C21H19N3O4/c1-3-4-9-24-20(26)15-7-6-14(11-16(15)21(24)27)19(25)23-17-10-13(12-22)5-8-18(17)28-2/h5-8,10-11H,3-4,9H2,1-2H3,(H,23,25). The van der Waals surface area contributed by atoms with E-state index in [0.29, 0.717) is 29.1 Å². The number of fused-ring (bicyclic) bond motifs is 1. The average molecular weight is 377 g/mol. The molecule has 3 rings (SSSR count). The van der Waals surface area contributed by atoms with E-state index in [-0.39, 0.29) is 22.9 Å². The number of nitrogens with zero attached hydrogens (tertiary/aromatic N) is 2. The Morgan fingerprint density at radius 3 is 2.57 bits per heavy atom. The van der Waals surface area contributed by atoms with E-state index in [0.717, 1.165) is 12.8 Å². The number of carbonyl (C=O) groups is 3. The van der Waals surface area contributed by atoms with Gasteiger partial charge in [-0.05, 0) is 42.8 Å². The monoisotopic (exact) mass is 377 g/mol. The van der Waals surface area contributed by atoms with Gasteiger partial charge in [0.05, 0.1) is 35.6 Å². The lowest BCUT2D eigenvalue weighted by molar-refractivity contribution is 0.0652. The molecule has 7 heteroatoms.